The molecule has 3 aromatic carbocycles. The van der Waals surface area contributed by atoms with Crippen LogP contribution in [-0.2, 0) is 26.2 Å². The first-order valence-corrected chi connectivity index (χ1v) is 15.9. The Balaban J connectivity index is 1.48. The molecule has 42 heavy (non-hydrogen) atoms. The van der Waals surface area contributed by atoms with Crippen molar-refractivity contribution in [3.05, 3.63) is 83.4 Å². The molecule has 0 unspecified atom stereocenters. The number of fused-ring (bicyclic) bond motifs is 1. The zero-order valence-electron chi connectivity index (χ0n) is 23.4. The van der Waals surface area contributed by atoms with Crippen molar-refractivity contribution in [1.29, 1.82) is 0 Å². The van der Waals surface area contributed by atoms with Gasteiger partial charge in [0.25, 0.3) is 10.0 Å². The Morgan fingerprint density at radius 2 is 1.62 bits per heavy atom. The highest BCUT2D eigenvalue weighted by Gasteiger charge is 2.34. The second-order valence-corrected chi connectivity index (χ2v) is 12.8. The highest BCUT2D eigenvalue weighted by molar-refractivity contribution is 7.92. The zero-order valence-corrected chi connectivity index (χ0v) is 24.9. The lowest BCUT2D eigenvalue weighted by Crippen LogP contribution is -2.52. The van der Waals surface area contributed by atoms with Gasteiger partial charge in [0.05, 0.1) is 10.6 Å². The highest BCUT2D eigenvalue weighted by atomic mass is 35.5. The number of carbonyl (C=O) groups is 2. The van der Waals surface area contributed by atoms with Crippen molar-refractivity contribution in [3.8, 4) is 11.5 Å². The van der Waals surface area contributed by atoms with Crippen LogP contribution in [0.25, 0.3) is 0 Å². The number of rotatable bonds is 10. The average Bonchev–Trinajstić information content (AvgIpc) is 3.52. The predicted octanol–water partition coefficient (Wildman–Crippen LogP) is 4.78. The molecule has 2 amide bonds. The van der Waals surface area contributed by atoms with Crippen LogP contribution in [0.5, 0.6) is 11.5 Å². The third kappa shape index (κ3) is 6.82. The summed E-state index contributed by atoms with van der Waals surface area (Å²) in [6.45, 7) is 1.93. The Bertz CT molecular complexity index is 1510. The van der Waals surface area contributed by atoms with Crippen LogP contribution in [0.4, 0.5) is 5.69 Å². The minimum Gasteiger partial charge on any atom is -0.486 e. The van der Waals surface area contributed by atoms with Crippen molar-refractivity contribution in [3.63, 3.8) is 0 Å². The molecule has 11 heteroatoms. The number of hydrogen-bond acceptors (Lipinski definition) is 6. The summed E-state index contributed by atoms with van der Waals surface area (Å²) in [4.78, 5) is 28.9. The van der Waals surface area contributed by atoms with Gasteiger partial charge in [0, 0.05) is 23.7 Å². The Morgan fingerprint density at radius 3 is 2.31 bits per heavy atom. The lowest BCUT2D eigenvalue weighted by Gasteiger charge is -2.32. The lowest BCUT2D eigenvalue weighted by atomic mass is 10.1. The fraction of sp³-hybridized carbons (Fsp3) is 0.355. The summed E-state index contributed by atoms with van der Waals surface area (Å²) in [5, 5.41) is 3.61. The van der Waals surface area contributed by atoms with Crippen LogP contribution >= 0.6 is 11.6 Å². The average molecular weight is 612 g/mol. The van der Waals surface area contributed by atoms with Crippen molar-refractivity contribution in [2.45, 2.75) is 56.1 Å². The van der Waals surface area contributed by atoms with E-state index in [9.17, 15) is 18.0 Å². The van der Waals surface area contributed by atoms with Gasteiger partial charge in [0.1, 0.15) is 25.8 Å². The molecule has 0 saturated heterocycles. The fourth-order valence-electron chi connectivity index (χ4n) is 5.20. The van der Waals surface area contributed by atoms with Crippen LogP contribution in [0.3, 0.4) is 0 Å². The molecule has 0 spiro atoms. The fourth-order valence-corrected chi connectivity index (χ4v) is 6.75. The molecule has 1 saturated carbocycles. The van der Waals surface area contributed by atoms with Crippen LogP contribution in [0.2, 0.25) is 5.02 Å². The number of amides is 2. The van der Waals surface area contributed by atoms with E-state index in [0.29, 0.717) is 29.7 Å². The van der Waals surface area contributed by atoms with Crippen molar-refractivity contribution >= 4 is 39.1 Å². The molecule has 0 radical (unpaired) electrons. The number of ether oxygens (including phenoxy) is 2. The molecular weight excluding hydrogens is 578 g/mol. The van der Waals surface area contributed by atoms with E-state index in [0.717, 1.165) is 35.6 Å². The molecule has 1 N–H and O–H groups in total. The first-order chi connectivity index (χ1) is 20.2. The number of anilines is 1. The summed E-state index contributed by atoms with van der Waals surface area (Å²) in [6.07, 6.45) is 3.90. The molecule has 1 aliphatic carbocycles. The Kier molecular flexibility index (Phi) is 9.23. The van der Waals surface area contributed by atoms with E-state index in [1.54, 1.807) is 67.6 Å². The Labute approximate surface area is 251 Å². The minimum atomic E-state index is -4.18. The zero-order chi connectivity index (χ0) is 29.7. The summed E-state index contributed by atoms with van der Waals surface area (Å²) < 4.78 is 40.3. The molecule has 9 nitrogen and oxygen atoms in total. The lowest BCUT2D eigenvalue weighted by molar-refractivity contribution is -0.139. The van der Waals surface area contributed by atoms with Crippen LogP contribution in [0.1, 0.15) is 38.2 Å². The van der Waals surface area contributed by atoms with E-state index in [1.807, 2.05) is 0 Å². The van der Waals surface area contributed by atoms with Gasteiger partial charge in [0.15, 0.2) is 11.5 Å². The van der Waals surface area contributed by atoms with Gasteiger partial charge in [-0.05, 0) is 61.7 Å². The van der Waals surface area contributed by atoms with Crippen molar-refractivity contribution in [2.24, 2.45) is 0 Å². The molecule has 0 bridgehead atoms. The van der Waals surface area contributed by atoms with Gasteiger partial charge in [0.2, 0.25) is 11.8 Å². The molecule has 2 aliphatic rings. The maximum absolute atomic E-state index is 14.1. The summed E-state index contributed by atoms with van der Waals surface area (Å²) in [5.41, 5.74) is 0.996. The van der Waals surface area contributed by atoms with Gasteiger partial charge in [-0.25, -0.2) is 8.42 Å². The summed E-state index contributed by atoms with van der Waals surface area (Å²) in [5.74, 6) is 0.0752. The van der Waals surface area contributed by atoms with Crippen molar-refractivity contribution < 1.29 is 27.5 Å². The highest BCUT2D eigenvalue weighted by Crippen LogP contribution is 2.36. The molecule has 5 rings (SSSR count). The maximum Gasteiger partial charge on any atom is 0.264 e. The monoisotopic (exact) mass is 611 g/mol. The summed E-state index contributed by atoms with van der Waals surface area (Å²) in [6, 6.07) is 18.9. The molecular formula is C31H34ClN3O6S. The van der Waals surface area contributed by atoms with Crippen LogP contribution in [-0.4, -0.2) is 57.0 Å². The van der Waals surface area contributed by atoms with E-state index < -0.39 is 28.5 Å². The summed E-state index contributed by atoms with van der Waals surface area (Å²) >= 11 is 6.08. The van der Waals surface area contributed by atoms with Crippen molar-refractivity contribution in [2.75, 3.05) is 24.1 Å². The molecule has 222 valence electrons. The first kappa shape index (κ1) is 29.7. The summed E-state index contributed by atoms with van der Waals surface area (Å²) in [7, 11) is -4.18. The molecule has 3 aromatic rings. The van der Waals surface area contributed by atoms with E-state index in [4.69, 9.17) is 21.1 Å². The minimum absolute atomic E-state index is 0.0314. The van der Waals surface area contributed by atoms with Crippen LogP contribution in [0, 0.1) is 0 Å². The van der Waals surface area contributed by atoms with E-state index in [-0.39, 0.29) is 29.1 Å². The first-order valence-electron chi connectivity index (χ1n) is 14.0. The quantitative estimate of drug-likeness (QED) is 0.354. The van der Waals surface area contributed by atoms with E-state index >= 15 is 0 Å². The third-order valence-electron chi connectivity index (χ3n) is 7.56. The normalized spacial score (nSPS) is 15.6. The van der Waals surface area contributed by atoms with Gasteiger partial charge < -0.3 is 19.7 Å². The van der Waals surface area contributed by atoms with Crippen molar-refractivity contribution in [1.82, 2.24) is 10.2 Å². The topological polar surface area (TPSA) is 105 Å². The Morgan fingerprint density at radius 1 is 0.952 bits per heavy atom. The van der Waals surface area contributed by atoms with Gasteiger partial charge in [-0.2, -0.15) is 0 Å². The molecule has 0 aromatic heterocycles. The number of hydrogen-bond donors (Lipinski definition) is 1. The standard InChI is InChI=1S/C31H34ClN3O6S/c1-22(31(37)33-25-7-5-6-8-25)34(20-23-11-13-24(32)14-12-23)30(36)21-35(42(38,39)27-9-3-2-4-10-27)26-15-16-28-29(19-26)41-18-17-40-28/h2-4,9-16,19,22,25H,5-8,17-18,20-21H2,1H3,(H,33,37)/t22-/m1/s1. The largest absolute Gasteiger partial charge is 0.486 e. The molecule has 1 fully saturated rings. The number of nitrogens with one attached hydrogen (secondary N) is 1. The number of benzene rings is 3. The van der Waals surface area contributed by atoms with E-state index in [1.165, 1.54) is 17.0 Å². The Hall–Kier alpha value is -3.76. The van der Waals surface area contributed by atoms with Crippen LogP contribution < -0.4 is 19.1 Å². The number of halogens is 1. The van der Waals surface area contributed by atoms with Gasteiger partial charge in [-0.15, -0.1) is 0 Å². The molecule has 1 heterocycles. The third-order valence-corrected chi connectivity index (χ3v) is 9.60. The predicted molar refractivity (Wildman–Crippen MR) is 160 cm³/mol. The van der Waals surface area contributed by atoms with E-state index in [2.05, 4.69) is 5.32 Å². The van der Waals surface area contributed by atoms with Gasteiger partial charge >= 0.3 is 0 Å². The van der Waals surface area contributed by atoms with Gasteiger partial charge in [-0.1, -0.05) is 54.8 Å². The maximum atomic E-state index is 14.1. The second-order valence-electron chi connectivity index (χ2n) is 10.5. The molecule has 1 atom stereocenters. The van der Waals surface area contributed by atoms with Gasteiger partial charge in [-0.3, -0.25) is 13.9 Å². The number of nitrogens with zero attached hydrogens (tertiary/aromatic N) is 2. The number of sulfonamides is 1. The SMILES string of the molecule is C[C@H](C(=O)NC1CCCC1)N(Cc1ccc(Cl)cc1)C(=O)CN(c1ccc2c(c1)OCCO2)S(=O)(=O)c1ccccc1. The second kappa shape index (κ2) is 13.0. The smallest absolute Gasteiger partial charge is 0.264 e. The molecule has 1 aliphatic heterocycles. The number of carbonyl (C=O) groups excluding carboxylic acids is 2. The van der Waals surface area contributed by atoms with Crippen LogP contribution in [0.15, 0.2) is 77.7 Å².